The van der Waals surface area contributed by atoms with Gasteiger partial charge in [-0.15, -0.1) is 0 Å². The van der Waals surface area contributed by atoms with Gasteiger partial charge < -0.3 is 10.4 Å². The molecule has 20 heavy (non-hydrogen) atoms. The Bertz CT molecular complexity index is 558. The number of aliphatic carboxylic acids is 1. The largest absolute Gasteiger partial charge is 0.481 e. The summed E-state index contributed by atoms with van der Waals surface area (Å²) < 4.78 is 0. The van der Waals surface area contributed by atoms with Crippen molar-refractivity contribution in [2.45, 2.75) is 12.3 Å². The molecule has 4 nitrogen and oxygen atoms in total. The summed E-state index contributed by atoms with van der Waals surface area (Å²) in [6, 6.07) is 12.8. The zero-order chi connectivity index (χ0) is 14.4. The average molecular weight is 291 g/mol. The third-order valence-electron chi connectivity index (χ3n) is 2.96. The minimum atomic E-state index is -0.826. The van der Waals surface area contributed by atoms with Gasteiger partial charge in [-0.05, 0) is 29.8 Å². The smallest absolute Gasteiger partial charge is 0.304 e. The number of benzene rings is 1. The van der Waals surface area contributed by atoms with Crippen LogP contribution in [0.1, 0.15) is 17.9 Å². The van der Waals surface area contributed by atoms with Gasteiger partial charge in [-0.25, -0.2) is 4.98 Å². The minimum Gasteiger partial charge on any atom is -0.481 e. The molecule has 2 rings (SSSR count). The number of hydrogen-bond acceptors (Lipinski definition) is 3. The summed E-state index contributed by atoms with van der Waals surface area (Å²) in [6.07, 6.45) is 1.75. The third-order valence-corrected chi connectivity index (χ3v) is 3.21. The van der Waals surface area contributed by atoms with Crippen LogP contribution in [0.2, 0.25) is 5.02 Å². The number of pyridine rings is 1. The number of carbonyl (C=O) groups is 1. The molecule has 1 heterocycles. The van der Waals surface area contributed by atoms with Crippen molar-refractivity contribution in [2.75, 3.05) is 11.9 Å². The van der Waals surface area contributed by atoms with Crippen molar-refractivity contribution in [1.82, 2.24) is 4.98 Å². The highest BCUT2D eigenvalue weighted by molar-refractivity contribution is 6.30. The molecule has 0 saturated carbocycles. The fourth-order valence-electron chi connectivity index (χ4n) is 1.95. The highest BCUT2D eigenvalue weighted by Crippen LogP contribution is 2.22. The number of nitrogens with one attached hydrogen (secondary N) is 1. The molecule has 0 aliphatic carbocycles. The van der Waals surface area contributed by atoms with Crippen LogP contribution in [0.5, 0.6) is 0 Å². The maximum absolute atomic E-state index is 11.0. The second-order valence-corrected chi connectivity index (χ2v) is 4.88. The molecule has 1 atom stereocenters. The Balaban J connectivity index is 2.07. The molecular formula is C15H15ClN2O2. The molecule has 0 fully saturated rings. The van der Waals surface area contributed by atoms with Crippen molar-refractivity contribution in [3.63, 3.8) is 0 Å². The maximum Gasteiger partial charge on any atom is 0.304 e. The summed E-state index contributed by atoms with van der Waals surface area (Å²) in [7, 11) is 0. The lowest BCUT2D eigenvalue weighted by Gasteiger charge is -2.16. The number of nitrogens with zero attached hydrogens (tertiary/aromatic N) is 1. The van der Waals surface area contributed by atoms with Crippen LogP contribution in [0.3, 0.4) is 0 Å². The monoisotopic (exact) mass is 290 g/mol. The summed E-state index contributed by atoms with van der Waals surface area (Å²) in [4.78, 5) is 15.1. The van der Waals surface area contributed by atoms with Crippen molar-refractivity contribution in [1.29, 1.82) is 0 Å². The topological polar surface area (TPSA) is 62.2 Å². The summed E-state index contributed by atoms with van der Waals surface area (Å²) in [5, 5.41) is 12.8. The quantitative estimate of drug-likeness (QED) is 0.856. The van der Waals surface area contributed by atoms with Crippen LogP contribution >= 0.6 is 11.6 Å². The molecule has 0 aliphatic heterocycles. The summed E-state index contributed by atoms with van der Waals surface area (Å²) in [5.74, 6) is -0.226. The molecule has 5 heteroatoms. The van der Waals surface area contributed by atoms with Crippen LogP contribution in [-0.2, 0) is 4.79 Å². The Morgan fingerprint density at radius 3 is 2.60 bits per heavy atom. The number of anilines is 1. The van der Waals surface area contributed by atoms with E-state index in [-0.39, 0.29) is 12.3 Å². The van der Waals surface area contributed by atoms with Gasteiger partial charge in [-0.3, -0.25) is 4.79 Å². The van der Waals surface area contributed by atoms with E-state index in [0.717, 1.165) is 11.4 Å². The molecular weight excluding hydrogens is 276 g/mol. The fraction of sp³-hybridized carbons (Fsp3) is 0.200. The standard InChI is InChI=1S/C15H15ClN2O2/c16-13-6-4-11(5-7-13)12(9-15(19)20)10-18-14-3-1-2-8-17-14/h1-8,12H,9-10H2,(H,17,18)(H,19,20). The number of halogens is 1. The molecule has 2 N–H and O–H groups in total. The summed E-state index contributed by atoms with van der Waals surface area (Å²) in [5.41, 5.74) is 0.945. The van der Waals surface area contributed by atoms with E-state index in [2.05, 4.69) is 10.3 Å². The number of aromatic nitrogens is 1. The molecule has 0 bridgehead atoms. The first kappa shape index (κ1) is 14.3. The van der Waals surface area contributed by atoms with Gasteiger partial charge in [0.05, 0.1) is 6.42 Å². The predicted molar refractivity (Wildman–Crippen MR) is 79.2 cm³/mol. The van der Waals surface area contributed by atoms with Crippen molar-refractivity contribution in [3.8, 4) is 0 Å². The molecule has 0 spiro atoms. The van der Waals surface area contributed by atoms with Gasteiger partial charge >= 0.3 is 5.97 Å². The molecule has 104 valence electrons. The first-order valence-electron chi connectivity index (χ1n) is 6.27. The zero-order valence-electron chi connectivity index (χ0n) is 10.8. The molecule has 1 aromatic heterocycles. The number of carboxylic acids is 1. The Morgan fingerprint density at radius 1 is 1.25 bits per heavy atom. The first-order valence-corrected chi connectivity index (χ1v) is 6.65. The Kier molecular flexibility index (Phi) is 4.96. The molecule has 2 aromatic rings. The van der Waals surface area contributed by atoms with E-state index in [1.165, 1.54) is 0 Å². The molecule has 0 radical (unpaired) electrons. The summed E-state index contributed by atoms with van der Waals surface area (Å²) in [6.45, 7) is 0.505. The lowest BCUT2D eigenvalue weighted by Crippen LogP contribution is -2.16. The van der Waals surface area contributed by atoms with E-state index in [9.17, 15) is 4.79 Å². The van der Waals surface area contributed by atoms with Gasteiger partial charge in [0.1, 0.15) is 5.82 Å². The predicted octanol–water partition coefficient (Wildman–Crippen LogP) is 3.41. The van der Waals surface area contributed by atoms with E-state index < -0.39 is 5.97 Å². The van der Waals surface area contributed by atoms with Gasteiger partial charge in [-0.2, -0.15) is 0 Å². The SMILES string of the molecule is O=C(O)CC(CNc1ccccn1)c1ccc(Cl)cc1. The number of carboxylic acid groups (broad SMARTS) is 1. The van der Waals surface area contributed by atoms with Gasteiger partial charge in [0.2, 0.25) is 0 Å². The number of rotatable bonds is 6. The highest BCUT2D eigenvalue weighted by atomic mass is 35.5. The van der Waals surface area contributed by atoms with E-state index in [4.69, 9.17) is 16.7 Å². The zero-order valence-corrected chi connectivity index (χ0v) is 11.5. The van der Waals surface area contributed by atoms with Crippen LogP contribution in [0.25, 0.3) is 0 Å². The summed E-state index contributed by atoms with van der Waals surface area (Å²) >= 11 is 5.85. The van der Waals surface area contributed by atoms with Crippen molar-refractivity contribution >= 4 is 23.4 Å². The van der Waals surface area contributed by atoms with Crippen molar-refractivity contribution in [2.24, 2.45) is 0 Å². The van der Waals surface area contributed by atoms with Crippen LogP contribution < -0.4 is 5.32 Å². The van der Waals surface area contributed by atoms with E-state index in [1.807, 2.05) is 30.3 Å². The van der Waals surface area contributed by atoms with Crippen LogP contribution in [-0.4, -0.2) is 22.6 Å². The van der Waals surface area contributed by atoms with Crippen LogP contribution in [0.4, 0.5) is 5.82 Å². The maximum atomic E-state index is 11.0. The van der Waals surface area contributed by atoms with Crippen molar-refractivity contribution < 1.29 is 9.90 Å². The van der Waals surface area contributed by atoms with E-state index in [0.29, 0.717) is 11.6 Å². The minimum absolute atomic E-state index is 0.0570. The Hall–Kier alpha value is -2.07. The van der Waals surface area contributed by atoms with Gasteiger partial charge in [-0.1, -0.05) is 29.8 Å². The van der Waals surface area contributed by atoms with Gasteiger partial charge in [0.25, 0.3) is 0 Å². The van der Waals surface area contributed by atoms with Crippen LogP contribution in [0, 0.1) is 0 Å². The first-order chi connectivity index (χ1) is 9.65. The second-order valence-electron chi connectivity index (χ2n) is 4.44. The van der Waals surface area contributed by atoms with E-state index in [1.54, 1.807) is 18.3 Å². The molecule has 0 amide bonds. The molecule has 0 saturated heterocycles. The lowest BCUT2D eigenvalue weighted by atomic mass is 9.96. The molecule has 1 unspecified atom stereocenters. The fourth-order valence-corrected chi connectivity index (χ4v) is 2.07. The molecule has 0 aliphatic rings. The van der Waals surface area contributed by atoms with Gasteiger partial charge in [0, 0.05) is 23.7 Å². The normalized spacial score (nSPS) is 11.8. The Labute approximate surface area is 122 Å². The van der Waals surface area contributed by atoms with Crippen LogP contribution in [0.15, 0.2) is 48.7 Å². The number of hydrogen-bond donors (Lipinski definition) is 2. The van der Waals surface area contributed by atoms with Crippen molar-refractivity contribution in [3.05, 3.63) is 59.2 Å². The lowest BCUT2D eigenvalue weighted by molar-refractivity contribution is -0.137. The third kappa shape index (κ3) is 4.24. The second kappa shape index (κ2) is 6.91. The van der Waals surface area contributed by atoms with Gasteiger partial charge in [0.15, 0.2) is 0 Å². The van der Waals surface area contributed by atoms with E-state index >= 15 is 0 Å². The molecule has 1 aromatic carbocycles. The average Bonchev–Trinajstić information content (AvgIpc) is 2.45. The highest BCUT2D eigenvalue weighted by Gasteiger charge is 2.15. The Morgan fingerprint density at radius 2 is 2.00 bits per heavy atom.